The third kappa shape index (κ3) is 3.90. The van der Waals surface area contributed by atoms with Gasteiger partial charge < -0.3 is 10.2 Å². The van der Waals surface area contributed by atoms with Crippen LogP contribution in [-0.4, -0.2) is 46.8 Å². The van der Waals surface area contributed by atoms with Crippen molar-refractivity contribution in [1.82, 2.24) is 10.2 Å². The molecule has 5 heteroatoms. The Labute approximate surface area is 114 Å². The fourth-order valence-corrected chi connectivity index (χ4v) is 2.74. The number of rotatable bonds is 6. The van der Waals surface area contributed by atoms with E-state index >= 15 is 0 Å². The summed E-state index contributed by atoms with van der Waals surface area (Å²) in [6, 6.07) is -0.668. The van der Waals surface area contributed by atoms with E-state index in [0.717, 1.165) is 11.5 Å². The van der Waals surface area contributed by atoms with Crippen molar-refractivity contribution in [2.24, 2.45) is 5.92 Å². The van der Waals surface area contributed by atoms with Crippen molar-refractivity contribution in [2.45, 2.75) is 46.2 Å². The Morgan fingerprint density at radius 1 is 1.39 bits per heavy atom. The molecule has 1 rings (SSSR count). The Hall–Kier alpha value is -0.710. The number of piperazine rings is 1. The van der Waals surface area contributed by atoms with Gasteiger partial charge in [-0.3, -0.25) is 9.59 Å². The van der Waals surface area contributed by atoms with Crippen molar-refractivity contribution < 1.29 is 9.59 Å². The van der Waals surface area contributed by atoms with Crippen molar-refractivity contribution in [1.29, 1.82) is 0 Å². The van der Waals surface area contributed by atoms with Gasteiger partial charge in [0.1, 0.15) is 12.1 Å². The lowest BCUT2D eigenvalue weighted by Gasteiger charge is -2.37. The van der Waals surface area contributed by atoms with E-state index in [9.17, 15) is 9.59 Å². The number of hydrogen-bond donors (Lipinski definition) is 1. The molecule has 0 aromatic heterocycles. The minimum atomic E-state index is -0.335. The van der Waals surface area contributed by atoms with Crippen LogP contribution in [-0.2, 0) is 9.59 Å². The van der Waals surface area contributed by atoms with Crippen molar-refractivity contribution in [3.63, 3.8) is 0 Å². The first-order chi connectivity index (χ1) is 8.47. The van der Waals surface area contributed by atoms with Gasteiger partial charge in [0.15, 0.2) is 0 Å². The van der Waals surface area contributed by atoms with Gasteiger partial charge in [0.25, 0.3) is 0 Å². The molecule has 1 heterocycles. The summed E-state index contributed by atoms with van der Waals surface area (Å²) in [4.78, 5) is 25.9. The second-order valence-electron chi connectivity index (χ2n) is 5.10. The quantitative estimate of drug-likeness (QED) is 0.746. The van der Waals surface area contributed by atoms with Gasteiger partial charge in [-0.2, -0.15) is 11.8 Å². The predicted molar refractivity (Wildman–Crippen MR) is 75.6 cm³/mol. The maximum atomic E-state index is 12.3. The molecule has 1 fully saturated rings. The Bertz CT molecular complexity index is 307. The molecule has 1 aliphatic heterocycles. The fraction of sp³-hybridized carbons (Fsp3) is 0.846. The highest BCUT2D eigenvalue weighted by Gasteiger charge is 2.37. The largest absolute Gasteiger partial charge is 0.343 e. The second-order valence-corrected chi connectivity index (χ2v) is 6.49. The van der Waals surface area contributed by atoms with Crippen LogP contribution in [0.1, 0.15) is 34.1 Å². The van der Waals surface area contributed by atoms with Crippen LogP contribution in [0.15, 0.2) is 0 Å². The standard InChI is InChI=1S/C13H24N2O2S/c1-5-18-7-6-15-10(4)12(16)14-11(13(15)17)8-9(2)3/h9-11H,5-8H2,1-4H3,(H,14,16). The summed E-state index contributed by atoms with van der Waals surface area (Å²) < 4.78 is 0. The molecule has 0 aromatic carbocycles. The number of carbonyl (C=O) groups is 2. The Morgan fingerprint density at radius 3 is 2.61 bits per heavy atom. The minimum Gasteiger partial charge on any atom is -0.343 e. The van der Waals surface area contributed by atoms with E-state index in [1.165, 1.54) is 0 Å². The second kappa shape index (κ2) is 7.02. The van der Waals surface area contributed by atoms with Crippen molar-refractivity contribution in [3.8, 4) is 0 Å². The van der Waals surface area contributed by atoms with Gasteiger partial charge in [-0.1, -0.05) is 20.8 Å². The number of hydrogen-bond acceptors (Lipinski definition) is 3. The summed E-state index contributed by atoms with van der Waals surface area (Å²) in [6.07, 6.45) is 0.717. The molecule has 0 aromatic rings. The monoisotopic (exact) mass is 272 g/mol. The average Bonchev–Trinajstić information content (AvgIpc) is 2.30. The van der Waals surface area contributed by atoms with Crippen LogP contribution in [0.25, 0.3) is 0 Å². The van der Waals surface area contributed by atoms with E-state index in [-0.39, 0.29) is 23.9 Å². The molecule has 104 valence electrons. The summed E-state index contributed by atoms with van der Waals surface area (Å²) in [7, 11) is 0. The van der Waals surface area contributed by atoms with Gasteiger partial charge in [-0.15, -0.1) is 0 Å². The molecule has 2 atom stereocenters. The zero-order chi connectivity index (χ0) is 13.7. The lowest BCUT2D eigenvalue weighted by molar-refractivity contribution is -0.148. The molecular formula is C13H24N2O2S. The van der Waals surface area contributed by atoms with Crippen molar-refractivity contribution >= 4 is 23.6 Å². The summed E-state index contributed by atoms with van der Waals surface area (Å²) >= 11 is 1.80. The number of nitrogens with one attached hydrogen (secondary N) is 1. The highest BCUT2D eigenvalue weighted by molar-refractivity contribution is 7.99. The summed E-state index contributed by atoms with van der Waals surface area (Å²) in [5.41, 5.74) is 0. The molecule has 1 aliphatic rings. The number of thioether (sulfide) groups is 1. The van der Waals surface area contributed by atoms with Gasteiger partial charge in [-0.25, -0.2) is 0 Å². The van der Waals surface area contributed by atoms with Gasteiger partial charge in [0, 0.05) is 12.3 Å². The first-order valence-corrected chi connectivity index (χ1v) is 7.81. The lowest BCUT2D eigenvalue weighted by atomic mass is 9.99. The van der Waals surface area contributed by atoms with Crippen molar-refractivity contribution in [2.75, 3.05) is 18.1 Å². The number of carbonyl (C=O) groups excluding carboxylic acids is 2. The lowest BCUT2D eigenvalue weighted by Crippen LogP contribution is -2.62. The molecular weight excluding hydrogens is 248 g/mol. The van der Waals surface area contributed by atoms with Gasteiger partial charge in [0.2, 0.25) is 11.8 Å². The van der Waals surface area contributed by atoms with Crippen LogP contribution in [0.5, 0.6) is 0 Å². The van der Waals surface area contributed by atoms with Crippen LogP contribution in [0.2, 0.25) is 0 Å². The van der Waals surface area contributed by atoms with E-state index in [1.807, 2.05) is 0 Å². The van der Waals surface area contributed by atoms with E-state index in [1.54, 1.807) is 23.6 Å². The molecule has 0 bridgehead atoms. The molecule has 1 N–H and O–H groups in total. The Morgan fingerprint density at radius 2 is 2.06 bits per heavy atom. The third-order valence-corrected chi connectivity index (χ3v) is 4.01. The average molecular weight is 272 g/mol. The van der Waals surface area contributed by atoms with Gasteiger partial charge in [-0.05, 0) is 25.0 Å². The molecule has 2 amide bonds. The molecule has 0 radical (unpaired) electrons. The third-order valence-electron chi connectivity index (χ3n) is 3.13. The SMILES string of the molecule is CCSCCN1C(=O)C(CC(C)C)NC(=O)C1C. The molecule has 0 spiro atoms. The predicted octanol–water partition coefficient (Wildman–Crippen LogP) is 1.50. The molecule has 0 saturated carbocycles. The zero-order valence-corrected chi connectivity index (χ0v) is 12.5. The summed E-state index contributed by atoms with van der Waals surface area (Å²) in [5, 5.41) is 2.83. The normalized spacial score (nSPS) is 24.6. The van der Waals surface area contributed by atoms with E-state index in [0.29, 0.717) is 18.9 Å². The Balaban J connectivity index is 2.66. The number of amides is 2. The van der Waals surface area contributed by atoms with E-state index in [2.05, 4.69) is 26.1 Å². The smallest absolute Gasteiger partial charge is 0.245 e. The van der Waals surface area contributed by atoms with Crippen LogP contribution in [0.3, 0.4) is 0 Å². The maximum absolute atomic E-state index is 12.3. The summed E-state index contributed by atoms with van der Waals surface area (Å²) in [6.45, 7) is 8.69. The number of nitrogens with zero attached hydrogens (tertiary/aromatic N) is 1. The van der Waals surface area contributed by atoms with Crippen LogP contribution >= 0.6 is 11.8 Å². The van der Waals surface area contributed by atoms with Crippen LogP contribution in [0.4, 0.5) is 0 Å². The highest BCUT2D eigenvalue weighted by Crippen LogP contribution is 2.16. The maximum Gasteiger partial charge on any atom is 0.245 e. The topological polar surface area (TPSA) is 49.4 Å². The van der Waals surface area contributed by atoms with Crippen molar-refractivity contribution in [3.05, 3.63) is 0 Å². The van der Waals surface area contributed by atoms with E-state index < -0.39 is 0 Å². The molecule has 4 nitrogen and oxygen atoms in total. The van der Waals surface area contributed by atoms with Crippen LogP contribution in [0, 0.1) is 5.92 Å². The first kappa shape index (κ1) is 15.3. The van der Waals surface area contributed by atoms with Gasteiger partial charge in [0.05, 0.1) is 0 Å². The van der Waals surface area contributed by atoms with Crippen LogP contribution < -0.4 is 5.32 Å². The zero-order valence-electron chi connectivity index (χ0n) is 11.7. The van der Waals surface area contributed by atoms with Gasteiger partial charge >= 0.3 is 0 Å². The Kier molecular flexibility index (Phi) is 5.99. The molecule has 1 saturated heterocycles. The molecule has 18 heavy (non-hydrogen) atoms. The summed E-state index contributed by atoms with van der Waals surface area (Å²) in [5.74, 6) is 2.39. The molecule has 0 aliphatic carbocycles. The van der Waals surface area contributed by atoms with E-state index in [4.69, 9.17) is 0 Å². The first-order valence-electron chi connectivity index (χ1n) is 6.66. The minimum absolute atomic E-state index is 0.0262. The molecule has 2 unspecified atom stereocenters. The highest BCUT2D eigenvalue weighted by atomic mass is 32.2. The fourth-order valence-electron chi connectivity index (χ4n) is 2.13.